The summed E-state index contributed by atoms with van der Waals surface area (Å²) in [5, 5.41) is 0. The fourth-order valence-corrected chi connectivity index (χ4v) is 7.33. The first kappa shape index (κ1) is 20.1. The van der Waals surface area contributed by atoms with Crippen LogP contribution in [0, 0.1) is 27.7 Å². The standard InChI is InChI=1S/C26H29NOSe/c1-16-8-10-21-23(12-16)29(28)24-13-17(2)9-11-22(24)27(21)25-18(3)14-20(15-19(25)4)26(5,6)7/h8-15H,1-7H3. The van der Waals surface area contributed by atoms with E-state index in [2.05, 4.69) is 102 Å². The third-order valence-corrected chi connectivity index (χ3v) is 8.74. The molecule has 29 heavy (non-hydrogen) atoms. The van der Waals surface area contributed by atoms with Crippen LogP contribution in [0.5, 0.6) is 0 Å². The number of nitrogens with zero attached hydrogens (tertiary/aromatic N) is 1. The molecular weight excluding hydrogens is 421 g/mol. The summed E-state index contributed by atoms with van der Waals surface area (Å²) in [7, 11) is 0. The zero-order chi connectivity index (χ0) is 21.1. The van der Waals surface area contributed by atoms with Crippen LogP contribution in [0.15, 0.2) is 48.5 Å². The average molecular weight is 450 g/mol. The molecule has 3 aromatic rings. The first-order chi connectivity index (χ1) is 13.6. The van der Waals surface area contributed by atoms with Crippen molar-refractivity contribution >= 4 is 39.8 Å². The van der Waals surface area contributed by atoms with Gasteiger partial charge in [-0.15, -0.1) is 0 Å². The van der Waals surface area contributed by atoms with Gasteiger partial charge in [0.05, 0.1) is 0 Å². The third-order valence-electron chi connectivity index (χ3n) is 5.69. The van der Waals surface area contributed by atoms with Crippen LogP contribution in [-0.4, -0.2) is 13.8 Å². The Bertz CT molecular complexity index is 1080. The SMILES string of the molecule is Cc1ccc2c(c1)[Se](=O)c1cc(C)ccc1N2c1c(C)cc(C(C)(C)C)cc1C. The van der Waals surface area contributed by atoms with Gasteiger partial charge in [-0.1, -0.05) is 0 Å². The molecule has 3 aromatic carbocycles. The maximum absolute atomic E-state index is 13.5. The molecule has 150 valence electrons. The molecule has 0 saturated heterocycles. The first-order valence-electron chi connectivity index (χ1n) is 10.1. The Hall–Kier alpha value is -2.22. The zero-order valence-electron chi connectivity index (χ0n) is 18.4. The molecule has 0 radical (unpaired) electrons. The van der Waals surface area contributed by atoms with Crippen LogP contribution in [0.1, 0.15) is 48.6 Å². The average Bonchev–Trinajstić information content (AvgIpc) is 2.63. The van der Waals surface area contributed by atoms with Gasteiger partial charge in [0.1, 0.15) is 0 Å². The van der Waals surface area contributed by atoms with Crippen LogP contribution < -0.4 is 13.8 Å². The van der Waals surface area contributed by atoms with Gasteiger partial charge in [0.25, 0.3) is 0 Å². The predicted molar refractivity (Wildman–Crippen MR) is 124 cm³/mol. The van der Waals surface area contributed by atoms with Gasteiger partial charge in [-0.3, -0.25) is 0 Å². The van der Waals surface area contributed by atoms with Crippen LogP contribution in [-0.2, 0) is 9.25 Å². The molecule has 1 heterocycles. The molecule has 0 aromatic heterocycles. The van der Waals surface area contributed by atoms with E-state index in [1.807, 2.05) is 0 Å². The topological polar surface area (TPSA) is 20.3 Å². The summed E-state index contributed by atoms with van der Waals surface area (Å²) >= 11 is -2.31. The number of fused-ring (bicyclic) bond motifs is 2. The van der Waals surface area contributed by atoms with E-state index in [-0.39, 0.29) is 5.41 Å². The molecule has 1 aliphatic rings. The molecule has 0 N–H and O–H groups in total. The van der Waals surface area contributed by atoms with Gasteiger partial charge in [0.2, 0.25) is 0 Å². The zero-order valence-corrected chi connectivity index (χ0v) is 20.1. The number of rotatable bonds is 1. The van der Waals surface area contributed by atoms with Crippen LogP contribution >= 0.6 is 0 Å². The summed E-state index contributed by atoms with van der Waals surface area (Å²) in [5.74, 6) is 0. The van der Waals surface area contributed by atoms with E-state index in [0.717, 1.165) is 31.4 Å². The van der Waals surface area contributed by atoms with E-state index in [0.29, 0.717) is 0 Å². The van der Waals surface area contributed by atoms with Gasteiger partial charge in [-0.2, -0.15) is 0 Å². The second-order valence-electron chi connectivity index (χ2n) is 9.26. The Morgan fingerprint density at radius 1 is 0.724 bits per heavy atom. The van der Waals surface area contributed by atoms with Crippen molar-refractivity contribution in [3.63, 3.8) is 0 Å². The predicted octanol–water partition coefficient (Wildman–Crippen LogP) is 5.54. The molecule has 0 amide bonds. The summed E-state index contributed by atoms with van der Waals surface area (Å²) in [6.45, 7) is 15.3. The molecule has 0 unspecified atom stereocenters. The van der Waals surface area contributed by atoms with E-state index in [1.165, 1.54) is 22.4 Å². The van der Waals surface area contributed by atoms with Crippen molar-refractivity contribution in [2.45, 2.75) is 53.9 Å². The molecular formula is C26H29NOSe. The van der Waals surface area contributed by atoms with E-state index in [9.17, 15) is 3.83 Å². The number of aryl methyl sites for hydroxylation is 4. The summed E-state index contributed by atoms with van der Waals surface area (Å²) < 4.78 is 15.5. The van der Waals surface area contributed by atoms with E-state index in [4.69, 9.17) is 0 Å². The van der Waals surface area contributed by atoms with E-state index < -0.39 is 13.8 Å². The van der Waals surface area contributed by atoms with Gasteiger partial charge < -0.3 is 0 Å². The molecule has 0 aliphatic carbocycles. The Morgan fingerprint density at radius 2 is 1.17 bits per heavy atom. The maximum atomic E-state index is 13.5. The van der Waals surface area contributed by atoms with Crippen molar-refractivity contribution in [2.75, 3.05) is 4.90 Å². The van der Waals surface area contributed by atoms with E-state index >= 15 is 0 Å². The first-order valence-corrected chi connectivity index (χ1v) is 12.5. The molecule has 4 rings (SSSR count). The normalized spacial score (nSPS) is 14.0. The molecule has 0 bridgehead atoms. The number of hydrogen-bond donors (Lipinski definition) is 0. The van der Waals surface area contributed by atoms with Crippen molar-refractivity contribution < 1.29 is 3.83 Å². The molecule has 3 heteroatoms. The summed E-state index contributed by atoms with van der Waals surface area (Å²) in [4.78, 5) is 2.33. The number of benzene rings is 3. The summed E-state index contributed by atoms with van der Waals surface area (Å²) in [6.07, 6.45) is 0. The molecule has 0 fully saturated rings. The second-order valence-corrected chi connectivity index (χ2v) is 12.2. The van der Waals surface area contributed by atoms with Gasteiger partial charge >= 0.3 is 179 Å². The van der Waals surface area contributed by atoms with Crippen LogP contribution in [0.2, 0.25) is 0 Å². The van der Waals surface area contributed by atoms with Gasteiger partial charge in [-0.25, -0.2) is 0 Å². The second kappa shape index (κ2) is 6.93. The quantitative estimate of drug-likeness (QED) is 0.355. The monoisotopic (exact) mass is 451 g/mol. The molecule has 0 saturated carbocycles. The van der Waals surface area contributed by atoms with Gasteiger partial charge in [0.15, 0.2) is 0 Å². The fraction of sp³-hybridized carbons (Fsp3) is 0.308. The molecule has 0 atom stereocenters. The van der Waals surface area contributed by atoms with Gasteiger partial charge in [0, 0.05) is 0 Å². The third kappa shape index (κ3) is 3.37. The van der Waals surface area contributed by atoms with Crippen molar-refractivity contribution in [3.05, 3.63) is 76.3 Å². The molecule has 0 spiro atoms. The van der Waals surface area contributed by atoms with Crippen LogP contribution in [0.4, 0.5) is 17.1 Å². The number of anilines is 3. The Labute approximate surface area is 178 Å². The van der Waals surface area contributed by atoms with Crippen molar-refractivity contribution in [1.29, 1.82) is 0 Å². The fourth-order valence-electron chi connectivity index (χ4n) is 4.14. The molecule has 1 aliphatic heterocycles. The minimum atomic E-state index is -2.31. The Kier molecular flexibility index (Phi) is 4.80. The Balaban J connectivity index is 2.03. The Morgan fingerprint density at radius 3 is 1.59 bits per heavy atom. The van der Waals surface area contributed by atoms with Crippen LogP contribution in [0.3, 0.4) is 0 Å². The minimum absolute atomic E-state index is 0.103. The van der Waals surface area contributed by atoms with Crippen LogP contribution in [0.25, 0.3) is 0 Å². The van der Waals surface area contributed by atoms with Gasteiger partial charge in [-0.05, 0) is 0 Å². The summed E-state index contributed by atoms with van der Waals surface area (Å²) in [6, 6.07) is 17.4. The summed E-state index contributed by atoms with van der Waals surface area (Å²) in [5.41, 5.74) is 9.56. The van der Waals surface area contributed by atoms with Crippen molar-refractivity contribution in [3.8, 4) is 0 Å². The molecule has 2 nitrogen and oxygen atoms in total. The number of hydrogen-bond acceptors (Lipinski definition) is 2. The van der Waals surface area contributed by atoms with Crippen molar-refractivity contribution in [1.82, 2.24) is 0 Å². The van der Waals surface area contributed by atoms with E-state index in [1.54, 1.807) is 0 Å². The van der Waals surface area contributed by atoms with Crippen molar-refractivity contribution in [2.24, 2.45) is 0 Å².